The number of nitrogens with zero attached hydrogens (tertiary/aromatic N) is 1. The second kappa shape index (κ2) is 5.60. The van der Waals surface area contributed by atoms with E-state index in [-0.39, 0.29) is 23.1 Å². The fourth-order valence-corrected chi connectivity index (χ4v) is 4.01. The first-order chi connectivity index (χ1) is 8.92. The van der Waals surface area contributed by atoms with Gasteiger partial charge in [0, 0.05) is 6.54 Å². The molecule has 1 aromatic heterocycles. The average Bonchev–Trinajstić information content (AvgIpc) is 2.96. The van der Waals surface area contributed by atoms with Crippen LogP contribution in [0.5, 0.6) is 0 Å². The number of aliphatic hydroxyl groups excluding tert-OH is 1. The molecule has 1 heterocycles. The van der Waals surface area contributed by atoms with Crippen molar-refractivity contribution in [2.45, 2.75) is 50.5 Å². The van der Waals surface area contributed by atoms with Crippen LogP contribution >= 0.6 is 0 Å². The lowest BCUT2D eigenvalue weighted by atomic mass is 10.0. The first-order valence-electron chi connectivity index (χ1n) is 6.52. The molecular formula is C12H20N2O4S. The second-order valence-corrected chi connectivity index (χ2v) is 6.82. The highest BCUT2D eigenvalue weighted by Gasteiger charge is 2.27. The highest BCUT2D eigenvalue weighted by atomic mass is 32.2. The summed E-state index contributed by atoms with van der Waals surface area (Å²) in [6, 6.07) is 0. The summed E-state index contributed by atoms with van der Waals surface area (Å²) in [6.45, 7) is 3.18. The molecule has 0 saturated heterocycles. The first kappa shape index (κ1) is 14.5. The lowest BCUT2D eigenvalue weighted by Crippen LogP contribution is -2.35. The highest BCUT2D eigenvalue weighted by molar-refractivity contribution is 7.89. The van der Waals surface area contributed by atoms with Gasteiger partial charge in [-0.1, -0.05) is 18.0 Å². The van der Waals surface area contributed by atoms with Crippen LogP contribution in [-0.4, -0.2) is 31.3 Å². The molecule has 1 unspecified atom stereocenters. The van der Waals surface area contributed by atoms with Crippen molar-refractivity contribution < 1.29 is 18.0 Å². The third-order valence-corrected chi connectivity index (χ3v) is 5.33. The molecule has 1 fully saturated rings. The van der Waals surface area contributed by atoms with E-state index in [4.69, 9.17) is 4.52 Å². The van der Waals surface area contributed by atoms with E-state index in [9.17, 15) is 13.5 Å². The first-order valence-corrected chi connectivity index (χ1v) is 8.00. The van der Waals surface area contributed by atoms with E-state index in [2.05, 4.69) is 9.88 Å². The van der Waals surface area contributed by atoms with E-state index in [0.717, 1.165) is 25.7 Å². The van der Waals surface area contributed by atoms with Crippen molar-refractivity contribution in [1.82, 2.24) is 9.88 Å². The number of aliphatic hydroxyl groups is 1. The van der Waals surface area contributed by atoms with E-state index in [1.165, 1.54) is 0 Å². The number of rotatable bonds is 5. The SMILES string of the molecule is Cc1noc(C)c1S(=O)(=O)NCC(O)C1CCCC1. The van der Waals surface area contributed by atoms with E-state index >= 15 is 0 Å². The van der Waals surface area contributed by atoms with Crippen molar-refractivity contribution in [2.24, 2.45) is 5.92 Å². The molecule has 0 spiro atoms. The molecule has 2 rings (SSSR count). The summed E-state index contributed by atoms with van der Waals surface area (Å²) in [5.74, 6) is 0.465. The van der Waals surface area contributed by atoms with Crippen molar-refractivity contribution >= 4 is 10.0 Å². The Labute approximate surface area is 113 Å². The lowest BCUT2D eigenvalue weighted by Gasteiger charge is -2.17. The molecule has 0 radical (unpaired) electrons. The van der Waals surface area contributed by atoms with E-state index in [0.29, 0.717) is 5.69 Å². The van der Waals surface area contributed by atoms with Crippen molar-refractivity contribution in [3.8, 4) is 0 Å². The van der Waals surface area contributed by atoms with Crippen molar-refractivity contribution in [3.63, 3.8) is 0 Å². The number of hydrogen-bond donors (Lipinski definition) is 2. The van der Waals surface area contributed by atoms with E-state index in [1.54, 1.807) is 13.8 Å². The lowest BCUT2D eigenvalue weighted by molar-refractivity contribution is 0.115. The molecule has 1 saturated carbocycles. The molecule has 1 aliphatic rings. The van der Waals surface area contributed by atoms with Gasteiger partial charge in [0.25, 0.3) is 0 Å². The number of sulfonamides is 1. The summed E-state index contributed by atoms with van der Waals surface area (Å²) >= 11 is 0. The van der Waals surface area contributed by atoms with E-state index in [1.807, 2.05) is 0 Å². The zero-order chi connectivity index (χ0) is 14.0. The third kappa shape index (κ3) is 3.16. The Bertz CT molecular complexity index is 512. The van der Waals surface area contributed by atoms with Crippen LogP contribution in [0.25, 0.3) is 0 Å². The maximum Gasteiger partial charge on any atom is 0.246 e. The standard InChI is InChI=1S/C12H20N2O4S/c1-8-12(9(2)18-14-8)19(16,17)13-7-11(15)10-5-3-4-6-10/h10-11,13,15H,3-7H2,1-2H3. The molecular weight excluding hydrogens is 268 g/mol. The van der Waals surface area contributed by atoms with Gasteiger partial charge in [-0.25, -0.2) is 13.1 Å². The van der Waals surface area contributed by atoms with Gasteiger partial charge >= 0.3 is 0 Å². The molecule has 0 bridgehead atoms. The average molecular weight is 288 g/mol. The smallest absolute Gasteiger partial charge is 0.246 e. The Hall–Kier alpha value is -0.920. The largest absolute Gasteiger partial charge is 0.391 e. The maximum atomic E-state index is 12.1. The number of aryl methyl sites for hydroxylation is 2. The van der Waals surface area contributed by atoms with Gasteiger partial charge in [0.1, 0.15) is 10.6 Å². The van der Waals surface area contributed by atoms with Gasteiger partial charge in [0.05, 0.1) is 6.10 Å². The molecule has 0 aliphatic heterocycles. The van der Waals surface area contributed by atoms with Crippen LogP contribution in [0.1, 0.15) is 37.1 Å². The van der Waals surface area contributed by atoms with Gasteiger partial charge in [0.15, 0.2) is 5.76 Å². The molecule has 7 heteroatoms. The van der Waals surface area contributed by atoms with Crippen molar-refractivity contribution in [2.75, 3.05) is 6.54 Å². The number of nitrogens with one attached hydrogen (secondary N) is 1. The highest BCUT2D eigenvalue weighted by Crippen LogP contribution is 2.27. The van der Waals surface area contributed by atoms with Crippen molar-refractivity contribution in [1.29, 1.82) is 0 Å². The number of hydrogen-bond acceptors (Lipinski definition) is 5. The molecule has 1 atom stereocenters. The quantitative estimate of drug-likeness (QED) is 0.847. The molecule has 108 valence electrons. The van der Waals surface area contributed by atoms with Gasteiger partial charge in [-0.2, -0.15) is 0 Å². The summed E-state index contributed by atoms with van der Waals surface area (Å²) in [5, 5.41) is 13.6. The van der Waals surface area contributed by atoms with Crippen LogP contribution in [0.2, 0.25) is 0 Å². The minimum atomic E-state index is -3.67. The Morgan fingerprint density at radius 3 is 2.58 bits per heavy atom. The van der Waals surface area contributed by atoms with Crippen LogP contribution < -0.4 is 4.72 Å². The third-order valence-electron chi connectivity index (χ3n) is 3.66. The van der Waals surface area contributed by atoms with Crippen LogP contribution in [-0.2, 0) is 10.0 Å². The summed E-state index contributed by atoms with van der Waals surface area (Å²) in [7, 11) is -3.67. The Kier molecular flexibility index (Phi) is 4.27. The second-order valence-electron chi connectivity index (χ2n) is 5.12. The van der Waals surface area contributed by atoms with Gasteiger partial charge in [-0.05, 0) is 32.6 Å². The van der Waals surface area contributed by atoms with Gasteiger partial charge in [0.2, 0.25) is 10.0 Å². The predicted octanol–water partition coefficient (Wildman–Crippen LogP) is 1.12. The zero-order valence-corrected chi connectivity index (χ0v) is 12.0. The Morgan fingerprint density at radius 1 is 1.42 bits per heavy atom. The molecule has 2 N–H and O–H groups in total. The normalized spacial score (nSPS) is 18.9. The number of aromatic nitrogens is 1. The predicted molar refractivity (Wildman–Crippen MR) is 69.1 cm³/mol. The monoisotopic (exact) mass is 288 g/mol. The fourth-order valence-electron chi connectivity index (χ4n) is 2.63. The fraction of sp³-hybridized carbons (Fsp3) is 0.750. The van der Waals surface area contributed by atoms with Gasteiger partial charge < -0.3 is 9.63 Å². The van der Waals surface area contributed by atoms with Crippen LogP contribution in [0.15, 0.2) is 9.42 Å². The van der Waals surface area contributed by atoms with Crippen LogP contribution in [0.3, 0.4) is 0 Å². The minimum absolute atomic E-state index is 0.0388. The molecule has 1 aromatic rings. The van der Waals surface area contributed by atoms with Crippen molar-refractivity contribution in [3.05, 3.63) is 11.5 Å². The summed E-state index contributed by atoms with van der Waals surface area (Å²) < 4.78 is 31.6. The molecule has 0 amide bonds. The van der Waals surface area contributed by atoms with Crippen LogP contribution in [0, 0.1) is 19.8 Å². The van der Waals surface area contributed by atoms with E-state index < -0.39 is 16.1 Å². The molecule has 1 aliphatic carbocycles. The Morgan fingerprint density at radius 2 is 2.05 bits per heavy atom. The Balaban J connectivity index is 2.02. The minimum Gasteiger partial charge on any atom is -0.391 e. The summed E-state index contributed by atoms with van der Waals surface area (Å²) in [6.07, 6.45) is 3.52. The van der Waals surface area contributed by atoms with Crippen LogP contribution in [0.4, 0.5) is 0 Å². The summed E-state index contributed by atoms with van der Waals surface area (Å²) in [5.41, 5.74) is 0.334. The van der Waals surface area contributed by atoms with Gasteiger partial charge in [-0.15, -0.1) is 0 Å². The zero-order valence-electron chi connectivity index (χ0n) is 11.2. The summed E-state index contributed by atoms with van der Waals surface area (Å²) in [4.78, 5) is 0.0751. The topological polar surface area (TPSA) is 92.4 Å². The molecule has 0 aromatic carbocycles. The van der Waals surface area contributed by atoms with Gasteiger partial charge in [-0.3, -0.25) is 0 Å². The maximum absolute atomic E-state index is 12.1. The molecule has 6 nitrogen and oxygen atoms in total. The molecule has 19 heavy (non-hydrogen) atoms.